The zero-order chi connectivity index (χ0) is 21.3. The number of fused-ring (bicyclic) bond motifs is 1. The van der Waals surface area contributed by atoms with Crippen LogP contribution in [0.1, 0.15) is 24.4 Å². The van der Waals surface area contributed by atoms with E-state index in [4.69, 9.17) is 4.74 Å². The van der Waals surface area contributed by atoms with E-state index in [9.17, 15) is 13.2 Å². The number of hydrogen-bond donors (Lipinski definition) is 0. The number of aromatic nitrogens is 2. The van der Waals surface area contributed by atoms with Crippen molar-refractivity contribution in [1.82, 2.24) is 14.5 Å². The zero-order valence-electron chi connectivity index (χ0n) is 17.1. The Labute approximate surface area is 176 Å². The molecule has 1 aliphatic rings. The summed E-state index contributed by atoms with van der Waals surface area (Å²) in [5.41, 5.74) is 2.47. The summed E-state index contributed by atoms with van der Waals surface area (Å²) in [6.45, 7) is 2.95. The van der Waals surface area contributed by atoms with Gasteiger partial charge in [-0.2, -0.15) is 0 Å². The first-order chi connectivity index (χ1) is 14.3. The maximum absolute atomic E-state index is 13.2. The standard InChI is InChI=1S/C22H25N3O4S/c1-16-12-24(13-20(29-16)17-8-4-3-5-9-17)22(26)14-25-19-11-7-6-10-18(19)23-21(25)15-30(2,27)28/h3-11,16,20H,12-15H2,1-2H3. The largest absolute Gasteiger partial charge is 0.367 e. The number of sulfone groups is 1. The number of amides is 1. The number of carbonyl (C=O) groups excluding carboxylic acids is 1. The Morgan fingerprint density at radius 1 is 1.10 bits per heavy atom. The Morgan fingerprint density at radius 3 is 2.53 bits per heavy atom. The van der Waals surface area contributed by atoms with Crippen molar-refractivity contribution in [2.45, 2.75) is 31.4 Å². The van der Waals surface area contributed by atoms with Crippen molar-refractivity contribution in [3.05, 3.63) is 66.0 Å². The van der Waals surface area contributed by atoms with Crippen LogP contribution in [0.25, 0.3) is 11.0 Å². The normalized spacial score (nSPS) is 19.9. The minimum atomic E-state index is -3.29. The second-order valence-electron chi connectivity index (χ2n) is 7.82. The van der Waals surface area contributed by atoms with Crippen molar-refractivity contribution in [3.8, 4) is 0 Å². The van der Waals surface area contributed by atoms with Gasteiger partial charge in [0, 0.05) is 12.8 Å². The molecule has 0 N–H and O–H groups in total. The van der Waals surface area contributed by atoms with E-state index in [1.54, 1.807) is 9.47 Å². The molecule has 7 nitrogen and oxygen atoms in total. The van der Waals surface area contributed by atoms with E-state index >= 15 is 0 Å². The number of benzene rings is 2. The van der Waals surface area contributed by atoms with Crippen molar-refractivity contribution < 1.29 is 17.9 Å². The lowest BCUT2D eigenvalue weighted by Gasteiger charge is -2.37. The highest BCUT2D eigenvalue weighted by molar-refractivity contribution is 7.89. The molecule has 1 fully saturated rings. The van der Waals surface area contributed by atoms with E-state index < -0.39 is 9.84 Å². The summed E-state index contributed by atoms with van der Waals surface area (Å²) in [5, 5.41) is 0. The first-order valence-electron chi connectivity index (χ1n) is 9.90. The molecule has 1 amide bonds. The Hall–Kier alpha value is -2.71. The highest BCUT2D eigenvalue weighted by Crippen LogP contribution is 2.26. The summed E-state index contributed by atoms with van der Waals surface area (Å²) in [5.74, 6) is 0.0955. The van der Waals surface area contributed by atoms with Crippen LogP contribution in [0.4, 0.5) is 0 Å². The molecule has 30 heavy (non-hydrogen) atoms. The summed E-state index contributed by atoms with van der Waals surface area (Å²) < 4.78 is 31.6. The van der Waals surface area contributed by atoms with Gasteiger partial charge in [0.05, 0.1) is 23.7 Å². The molecular weight excluding hydrogens is 402 g/mol. The molecule has 0 aliphatic carbocycles. The van der Waals surface area contributed by atoms with E-state index in [1.165, 1.54) is 6.26 Å². The molecule has 0 bridgehead atoms. The number of hydrogen-bond acceptors (Lipinski definition) is 5. The lowest BCUT2D eigenvalue weighted by Crippen LogP contribution is -2.47. The van der Waals surface area contributed by atoms with Gasteiger partial charge in [-0.1, -0.05) is 42.5 Å². The topological polar surface area (TPSA) is 81.5 Å². The maximum atomic E-state index is 13.2. The van der Waals surface area contributed by atoms with Crippen molar-refractivity contribution in [3.63, 3.8) is 0 Å². The number of morpholine rings is 1. The summed E-state index contributed by atoms with van der Waals surface area (Å²) >= 11 is 0. The van der Waals surface area contributed by atoms with E-state index in [0.29, 0.717) is 24.4 Å². The number of rotatable bonds is 5. The molecule has 4 rings (SSSR count). The third-order valence-electron chi connectivity index (χ3n) is 5.20. The molecule has 1 saturated heterocycles. The van der Waals surface area contributed by atoms with Gasteiger partial charge in [0.25, 0.3) is 0 Å². The number of carbonyl (C=O) groups is 1. The Balaban J connectivity index is 1.60. The van der Waals surface area contributed by atoms with Gasteiger partial charge in [-0.3, -0.25) is 4.79 Å². The fraction of sp³-hybridized carbons (Fsp3) is 0.364. The molecule has 2 atom stereocenters. The molecule has 2 aromatic carbocycles. The number of nitrogens with zero attached hydrogens (tertiary/aromatic N) is 3. The van der Waals surface area contributed by atoms with Gasteiger partial charge in [0.15, 0.2) is 9.84 Å². The quantitative estimate of drug-likeness (QED) is 0.625. The first kappa shape index (κ1) is 20.6. The van der Waals surface area contributed by atoms with Gasteiger partial charge in [0.2, 0.25) is 5.91 Å². The smallest absolute Gasteiger partial charge is 0.242 e. The van der Waals surface area contributed by atoms with Gasteiger partial charge in [0.1, 0.15) is 24.2 Å². The van der Waals surface area contributed by atoms with Crippen LogP contribution in [0.5, 0.6) is 0 Å². The maximum Gasteiger partial charge on any atom is 0.242 e. The van der Waals surface area contributed by atoms with E-state index in [0.717, 1.165) is 11.1 Å². The molecule has 0 radical (unpaired) electrons. The molecule has 1 aliphatic heterocycles. The van der Waals surface area contributed by atoms with Crippen molar-refractivity contribution >= 4 is 26.8 Å². The van der Waals surface area contributed by atoms with Crippen LogP contribution < -0.4 is 0 Å². The fourth-order valence-electron chi connectivity index (χ4n) is 3.89. The highest BCUT2D eigenvalue weighted by atomic mass is 32.2. The molecule has 8 heteroatoms. The lowest BCUT2D eigenvalue weighted by molar-refractivity contribution is -0.145. The third-order valence-corrected chi connectivity index (χ3v) is 5.99. The molecule has 0 saturated carbocycles. The van der Waals surface area contributed by atoms with Gasteiger partial charge >= 0.3 is 0 Å². The molecule has 2 heterocycles. The highest BCUT2D eigenvalue weighted by Gasteiger charge is 2.30. The van der Waals surface area contributed by atoms with Crippen LogP contribution in [0.2, 0.25) is 0 Å². The molecule has 1 aromatic heterocycles. The molecular formula is C22H25N3O4S. The van der Waals surface area contributed by atoms with E-state index in [-0.39, 0.29) is 30.4 Å². The van der Waals surface area contributed by atoms with Crippen LogP contribution in [0.3, 0.4) is 0 Å². The van der Waals surface area contributed by atoms with Gasteiger partial charge in [-0.15, -0.1) is 0 Å². The Kier molecular flexibility index (Phi) is 5.62. The average molecular weight is 428 g/mol. The third kappa shape index (κ3) is 4.55. The second kappa shape index (κ2) is 8.20. The van der Waals surface area contributed by atoms with Crippen LogP contribution in [0.15, 0.2) is 54.6 Å². The summed E-state index contributed by atoms with van der Waals surface area (Å²) in [7, 11) is -3.29. The molecule has 2 unspecified atom stereocenters. The van der Waals surface area contributed by atoms with Crippen LogP contribution >= 0.6 is 0 Å². The minimum absolute atomic E-state index is 0.0413. The fourth-order valence-corrected chi connectivity index (χ4v) is 4.58. The molecule has 3 aromatic rings. The van der Waals surface area contributed by atoms with Crippen molar-refractivity contribution in [1.29, 1.82) is 0 Å². The van der Waals surface area contributed by atoms with Crippen molar-refractivity contribution in [2.24, 2.45) is 0 Å². The summed E-state index contributed by atoms with van der Waals surface area (Å²) in [6, 6.07) is 17.3. The Bertz CT molecular complexity index is 1160. The van der Waals surface area contributed by atoms with E-state index in [1.807, 2.05) is 61.5 Å². The zero-order valence-corrected chi connectivity index (χ0v) is 17.9. The van der Waals surface area contributed by atoms with Crippen LogP contribution in [0, 0.1) is 0 Å². The predicted octanol–water partition coefficient (Wildman–Crippen LogP) is 2.57. The number of para-hydroxylation sites is 2. The predicted molar refractivity (Wildman–Crippen MR) is 115 cm³/mol. The number of imidazole rings is 1. The van der Waals surface area contributed by atoms with E-state index in [2.05, 4.69) is 4.98 Å². The van der Waals surface area contributed by atoms with Gasteiger partial charge in [-0.25, -0.2) is 13.4 Å². The molecule has 158 valence electrons. The van der Waals surface area contributed by atoms with Crippen LogP contribution in [-0.4, -0.2) is 54.2 Å². The Morgan fingerprint density at radius 2 is 1.80 bits per heavy atom. The van der Waals surface area contributed by atoms with Crippen molar-refractivity contribution in [2.75, 3.05) is 19.3 Å². The monoisotopic (exact) mass is 427 g/mol. The average Bonchev–Trinajstić information content (AvgIpc) is 3.03. The summed E-state index contributed by atoms with van der Waals surface area (Å²) in [4.78, 5) is 19.5. The lowest BCUT2D eigenvalue weighted by atomic mass is 10.1. The molecule has 0 spiro atoms. The van der Waals surface area contributed by atoms with Gasteiger partial charge < -0.3 is 14.2 Å². The minimum Gasteiger partial charge on any atom is -0.367 e. The number of ether oxygens (including phenoxy) is 1. The second-order valence-corrected chi connectivity index (χ2v) is 9.96. The SMILES string of the molecule is CC1CN(C(=O)Cn2c(CS(C)(=O)=O)nc3ccccc32)CC(c2ccccc2)O1. The first-order valence-corrected chi connectivity index (χ1v) is 12.0. The van der Waals surface area contributed by atoms with Gasteiger partial charge in [-0.05, 0) is 24.6 Å². The van der Waals surface area contributed by atoms with Crippen LogP contribution in [-0.2, 0) is 31.7 Å². The summed E-state index contributed by atoms with van der Waals surface area (Å²) in [6.07, 6.45) is 0.893.